The first-order valence-electron chi connectivity index (χ1n) is 8.12. The molecule has 1 aromatic rings. The summed E-state index contributed by atoms with van der Waals surface area (Å²) in [6, 6.07) is 3.62. The molecule has 0 bridgehead atoms. The molecule has 20 heavy (non-hydrogen) atoms. The van der Waals surface area contributed by atoms with Crippen molar-refractivity contribution in [3.63, 3.8) is 0 Å². The maximum absolute atomic E-state index is 3.69. The Labute approximate surface area is 128 Å². The van der Waals surface area contributed by atoms with Crippen LogP contribution in [0.2, 0.25) is 0 Å². The molecule has 2 atom stereocenters. The van der Waals surface area contributed by atoms with E-state index in [4.69, 9.17) is 0 Å². The maximum Gasteiger partial charge on any atom is 0.0302 e. The number of rotatable bonds is 6. The quantitative estimate of drug-likeness (QED) is 0.788. The van der Waals surface area contributed by atoms with E-state index in [0.717, 1.165) is 12.6 Å². The Kier molecular flexibility index (Phi) is 6.06. The molecule has 2 rings (SSSR count). The van der Waals surface area contributed by atoms with Crippen LogP contribution in [0.15, 0.2) is 6.07 Å². The number of thiophene rings is 1. The van der Waals surface area contributed by atoms with Gasteiger partial charge in [-0.15, -0.1) is 11.3 Å². The van der Waals surface area contributed by atoms with Gasteiger partial charge in [0.15, 0.2) is 0 Å². The van der Waals surface area contributed by atoms with Crippen molar-refractivity contribution in [1.82, 2.24) is 10.2 Å². The second-order valence-electron chi connectivity index (χ2n) is 6.28. The van der Waals surface area contributed by atoms with Gasteiger partial charge in [-0.05, 0) is 78.2 Å². The molecular formula is C17H30N2S. The highest BCUT2D eigenvalue weighted by molar-refractivity contribution is 7.12. The van der Waals surface area contributed by atoms with Crippen LogP contribution in [0.4, 0.5) is 0 Å². The monoisotopic (exact) mass is 294 g/mol. The average molecular weight is 295 g/mol. The lowest BCUT2D eigenvalue weighted by molar-refractivity contribution is 0.158. The summed E-state index contributed by atoms with van der Waals surface area (Å²) in [6.45, 7) is 12.8. The van der Waals surface area contributed by atoms with Gasteiger partial charge in [0.25, 0.3) is 0 Å². The molecule has 1 aliphatic heterocycles. The van der Waals surface area contributed by atoms with Gasteiger partial charge in [-0.25, -0.2) is 0 Å². The van der Waals surface area contributed by atoms with E-state index in [-0.39, 0.29) is 0 Å². The van der Waals surface area contributed by atoms with Crippen LogP contribution in [-0.4, -0.2) is 30.6 Å². The van der Waals surface area contributed by atoms with Crippen molar-refractivity contribution in [3.05, 3.63) is 21.4 Å². The maximum atomic E-state index is 3.69. The topological polar surface area (TPSA) is 15.3 Å². The van der Waals surface area contributed by atoms with E-state index < -0.39 is 0 Å². The molecule has 3 heteroatoms. The third-order valence-corrected chi connectivity index (χ3v) is 5.54. The van der Waals surface area contributed by atoms with Crippen molar-refractivity contribution >= 4 is 11.3 Å². The van der Waals surface area contributed by atoms with Crippen LogP contribution in [0.1, 0.15) is 60.9 Å². The Morgan fingerprint density at radius 3 is 2.85 bits per heavy atom. The van der Waals surface area contributed by atoms with Gasteiger partial charge in [0.1, 0.15) is 0 Å². The second-order valence-corrected chi connectivity index (χ2v) is 7.74. The molecule has 1 aliphatic rings. The lowest BCUT2D eigenvalue weighted by atomic mass is 10.0. The standard InChI is InChI=1S/C17H30N2S/c1-13-8-5-6-10-19(13)11-7-9-18-15(3)17-12-14(2)20-16(17)4/h12-13,15,18H,5-11H2,1-4H3. The van der Waals surface area contributed by atoms with Crippen LogP contribution in [0, 0.1) is 13.8 Å². The zero-order valence-corrected chi connectivity index (χ0v) is 14.4. The molecule has 0 amide bonds. The van der Waals surface area contributed by atoms with E-state index in [9.17, 15) is 0 Å². The van der Waals surface area contributed by atoms with E-state index in [1.165, 1.54) is 54.1 Å². The number of aryl methyl sites for hydroxylation is 2. The molecule has 0 spiro atoms. The number of likely N-dealkylation sites (tertiary alicyclic amines) is 1. The van der Waals surface area contributed by atoms with E-state index in [0.29, 0.717) is 6.04 Å². The molecule has 2 heterocycles. The highest BCUT2D eigenvalue weighted by Gasteiger charge is 2.17. The van der Waals surface area contributed by atoms with Crippen LogP contribution in [0.3, 0.4) is 0 Å². The first-order chi connectivity index (χ1) is 9.58. The summed E-state index contributed by atoms with van der Waals surface area (Å²) in [4.78, 5) is 5.55. The predicted octanol–water partition coefficient (Wildman–Crippen LogP) is 4.28. The first-order valence-corrected chi connectivity index (χ1v) is 8.94. The lowest BCUT2D eigenvalue weighted by Crippen LogP contribution is -2.39. The van der Waals surface area contributed by atoms with Gasteiger partial charge in [-0.3, -0.25) is 0 Å². The fourth-order valence-corrected chi connectivity index (χ4v) is 4.30. The minimum Gasteiger partial charge on any atom is -0.310 e. The highest BCUT2D eigenvalue weighted by atomic mass is 32.1. The fourth-order valence-electron chi connectivity index (χ4n) is 3.28. The Morgan fingerprint density at radius 2 is 2.20 bits per heavy atom. The molecule has 0 radical (unpaired) electrons. The number of nitrogens with zero attached hydrogens (tertiary/aromatic N) is 1. The molecule has 0 aromatic carbocycles. The molecule has 2 unspecified atom stereocenters. The smallest absolute Gasteiger partial charge is 0.0302 e. The Balaban J connectivity index is 1.69. The summed E-state index contributed by atoms with van der Waals surface area (Å²) in [5, 5.41) is 3.69. The van der Waals surface area contributed by atoms with Crippen LogP contribution in [0.25, 0.3) is 0 Å². The number of piperidine rings is 1. The molecular weight excluding hydrogens is 264 g/mol. The summed E-state index contributed by atoms with van der Waals surface area (Å²) in [5.74, 6) is 0. The van der Waals surface area contributed by atoms with Gasteiger partial charge >= 0.3 is 0 Å². The van der Waals surface area contributed by atoms with Crippen molar-refractivity contribution in [2.24, 2.45) is 0 Å². The van der Waals surface area contributed by atoms with Gasteiger partial charge in [-0.1, -0.05) is 6.42 Å². The molecule has 114 valence electrons. The van der Waals surface area contributed by atoms with Crippen molar-refractivity contribution in [2.75, 3.05) is 19.6 Å². The van der Waals surface area contributed by atoms with Gasteiger partial charge in [-0.2, -0.15) is 0 Å². The van der Waals surface area contributed by atoms with Gasteiger partial charge < -0.3 is 10.2 Å². The number of hydrogen-bond donors (Lipinski definition) is 1. The third-order valence-electron chi connectivity index (χ3n) is 4.56. The molecule has 0 aliphatic carbocycles. The first kappa shape index (κ1) is 16.0. The largest absolute Gasteiger partial charge is 0.310 e. The number of hydrogen-bond acceptors (Lipinski definition) is 3. The summed E-state index contributed by atoms with van der Waals surface area (Å²) < 4.78 is 0. The molecule has 1 fully saturated rings. The average Bonchev–Trinajstić information content (AvgIpc) is 2.75. The van der Waals surface area contributed by atoms with Crippen LogP contribution in [-0.2, 0) is 0 Å². The van der Waals surface area contributed by atoms with Gasteiger partial charge in [0.2, 0.25) is 0 Å². The van der Waals surface area contributed by atoms with E-state index in [2.05, 4.69) is 44.0 Å². The summed E-state index contributed by atoms with van der Waals surface area (Å²) in [7, 11) is 0. The van der Waals surface area contributed by atoms with Crippen molar-refractivity contribution in [3.8, 4) is 0 Å². The van der Waals surface area contributed by atoms with Gasteiger partial charge in [0.05, 0.1) is 0 Å². The van der Waals surface area contributed by atoms with Crippen LogP contribution >= 0.6 is 11.3 Å². The van der Waals surface area contributed by atoms with Crippen molar-refractivity contribution in [1.29, 1.82) is 0 Å². The van der Waals surface area contributed by atoms with Crippen molar-refractivity contribution in [2.45, 2.75) is 65.5 Å². The number of nitrogens with one attached hydrogen (secondary N) is 1. The zero-order valence-electron chi connectivity index (χ0n) is 13.5. The minimum atomic E-state index is 0.485. The van der Waals surface area contributed by atoms with E-state index in [1.54, 1.807) is 0 Å². The summed E-state index contributed by atoms with van der Waals surface area (Å²) in [6.07, 6.45) is 5.46. The Hall–Kier alpha value is -0.380. The summed E-state index contributed by atoms with van der Waals surface area (Å²) in [5.41, 5.74) is 1.49. The SMILES string of the molecule is Cc1cc(C(C)NCCCN2CCCCC2C)c(C)s1. The molecule has 2 nitrogen and oxygen atoms in total. The second kappa shape index (κ2) is 7.58. The summed E-state index contributed by atoms with van der Waals surface area (Å²) >= 11 is 1.91. The molecule has 1 aromatic heterocycles. The fraction of sp³-hybridized carbons (Fsp3) is 0.765. The van der Waals surface area contributed by atoms with Crippen molar-refractivity contribution < 1.29 is 0 Å². The molecule has 1 saturated heterocycles. The van der Waals surface area contributed by atoms with E-state index >= 15 is 0 Å². The molecule has 1 N–H and O–H groups in total. The highest BCUT2D eigenvalue weighted by Crippen LogP contribution is 2.26. The Bertz CT molecular complexity index is 413. The minimum absolute atomic E-state index is 0.485. The molecule has 0 saturated carbocycles. The van der Waals surface area contributed by atoms with E-state index in [1.807, 2.05) is 11.3 Å². The Morgan fingerprint density at radius 1 is 1.40 bits per heavy atom. The van der Waals surface area contributed by atoms with Crippen LogP contribution < -0.4 is 5.32 Å². The lowest BCUT2D eigenvalue weighted by Gasteiger charge is -2.33. The third kappa shape index (κ3) is 4.31. The van der Waals surface area contributed by atoms with Gasteiger partial charge in [0, 0.05) is 21.8 Å². The predicted molar refractivity (Wildman–Crippen MR) is 89.7 cm³/mol. The van der Waals surface area contributed by atoms with Crippen LogP contribution in [0.5, 0.6) is 0 Å². The normalized spacial score (nSPS) is 22.1. The zero-order chi connectivity index (χ0) is 14.5.